The second-order valence-electron chi connectivity index (χ2n) is 8.76. The molecule has 0 unspecified atom stereocenters. The largest absolute Gasteiger partial charge is 0.477 e. The zero-order chi connectivity index (χ0) is 19.8. The number of nitrogens with zero attached hydrogens (tertiary/aromatic N) is 1. The van der Waals surface area contributed by atoms with Gasteiger partial charge in [0.25, 0.3) is 0 Å². The molecule has 1 heterocycles. The van der Waals surface area contributed by atoms with Crippen LogP contribution in [0.2, 0.25) is 0 Å². The summed E-state index contributed by atoms with van der Waals surface area (Å²) in [4.78, 5) is 28.2. The van der Waals surface area contributed by atoms with Crippen LogP contribution >= 0.6 is 11.3 Å². The number of thiophene rings is 1. The van der Waals surface area contributed by atoms with E-state index in [2.05, 4.69) is 40.7 Å². The van der Waals surface area contributed by atoms with Gasteiger partial charge in [-0.05, 0) is 51.0 Å². The van der Waals surface area contributed by atoms with Crippen LogP contribution in [0.1, 0.15) is 75.9 Å². The lowest BCUT2D eigenvalue weighted by Crippen LogP contribution is -2.44. The van der Waals surface area contributed by atoms with E-state index in [-0.39, 0.29) is 34.1 Å². The fourth-order valence-electron chi connectivity index (χ4n) is 3.55. The molecule has 4 nitrogen and oxygen atoms in total. The van der Waals surface area contributed by atoms with Crippen molar-refractivity contribution in [2.45, 2.75) is 72.8 Å². The molecule has 0 bridgehead atoms. The molecule has 2 rings (SSSR count). The summed E-state index contributed by atoms with van der Waals surface area (Å²) in [7, 11) is 0. The first-order valence-corrected chi connectivity index (χ1v) is 10.1. The maximum absolute atomic E-state index is 13.4. The van der Waals surface area contributed by atoms with Crippen LogP contribution in [-0.4, -0.2) is 23.0 Å². The number of allylic oxidation sites excluding steroid dienone is 2. The molecule has 0 saturated heterocycles. The van der Waals surface area contributed by atoms with Crippen molar-refractivity contribution in [2.24, 2.45) is 11.8 Å². The Morgan fingerprint density at radius 3 is 2.38 bits per heavy atom. The maximum atomic E-state index is 13.4. The van der Waals surface area contributed by atoms with Gasteiger partial charge in [-0.25, -0.2) is 4.79 Å². The van der Waals surface area contributed by atoms with Crippen LogP contribution in [0, 0.1) is 11.8 Å². The van der Waals surface area contributed by atoms with Crippen molar-refractivity contribution in [3.8, 4) is 0 Å². The molecule has 1 N–H and O–H groups in total. The molecule has 0 spiro atoms. The van der Waals surface area contributed by atoms with Gasteiger partial charge < -0.3 is 10.0 Å². The van der Waals surface area contributed by atoms with Gasteiger partial charge in [-0.15, -0.1) is 11.3 Å². The van der Waals surface area contributed by atoms with E-state index in [0.29, 0.717) is 5.69 Å². The topological polar surface area (TPSA) is 57.6 Å². The van der Waals surface area contributed by atoms with Crippen LogP contribution < -0.4 is 4.90 Å². The summed E-state index contributed by atoms with van der Waals surface area (Å²) in [5.41, 5.74) is 1.72. The predicted octanol–water partition coefficient (Wildman–Crippen LogP) is 5.48. The first-order chi connectivity index (χ1) is 11.9. The minimum Gasteiger partial charge on any atom is -0.477 e. The number of carboxylic acid groups (broad SMARTS) is 1. The summed E-state index contributed by atoms with van der Waals surface area (Å²) in [5, 5.41) is 9.72. The quantitative estimate of drug-likeness (QED) is 0.707. The van der Waals surface area contributed by atoms with E-state index in [0.717, 1.165) is 17.7 Å². The second kappa shape index (κ2) is 7.55. The van der Waals surface area contributed by atoms with Crippen molar-refractivity contribution in [1.29, 1.82) is 0 Å². The second-order valence-corrected chi connectivity index (χ2v) is 9.81. The van der Waals surface area contributed by atoms with Crippen molar-refractivity contribution >= 4 is 28.9 Å². The average Bonchev–Trinajstić information content (AvgIpc) is 2.91. The molecule has 0 saturated carbocycles. The molecule has 0 aliphatic heterocycles. The Kier molecular flexibility index (Phi) is 6.01. The van der Waals surface area contributed by atoms with Crippen LogP contribution in [0.4, 0.5) is 5.69 Å². The number of aromatic carboxylic acids is 1. The number of rotatable bonds is 4. The third-order valence-electron chi connectivity index (χ3n) is 5.03. The highest BCUT2D eigenvalue weighted by Gasteiger charge is 2.35. The maximum Gasteiger partial charge on any atom is 0.348 e. The average molecular weight is 378 g/mol. The van der Waals surface area contributed by atoms with Gasteiger partial charge in [0.2, 0.25) is 5.91 Å². The molecular weight excluding hydrogens is 346 g/mol. The Bertz CT molecular complexity index is 724. The third-order valence-corrected chi connectivity index (χ3v) is 6.57. The van der Waals surface area contributed by atoms with Crippen LogP contribution in [0.3, 0.4) is 0 Å². The summed E-state index contributed by atoms with van der Waals surface area (Å²) in [6.45, 7) is 14.3. The van der Waals surface area contributed by atoms with Gasteiger partial charge in [-0.2, -0.15) is 0 Å². The van der Waals surface area contributed by atoms with E-state index in [1.807, 2.05) is 19.9 Å². The zero-order valence-corrected chi connectivity index (χ0v) is 17.7. The molecule has 1 aromatic rings. The Hall–Kier alpha value is -1.62. The molecule has 144 valence electrons. The lowest BCUT2D eigenvalue weighted by atomic mass is 9.80. The van der Waals surface area contributed by atoms with E-state index in [9.17, 15) is 14.7 Å². The van der Waals surface area contributed by atoms with E-state index >= 15 is 0 Å². The van der Waals surface area contributed by atoms with Crippen LogP contribution in [0.15, 0.2) is 17.7 Å². The molecular formula is C21H31NO3S. The number of carbonyl (C=O) groups excluding carboxylic acids is 1. The molecule has 5 heteroatoms. The molecule has 1 amide bonds. The van der Waals surface area contributed by atoms with Crippen LogP contribution in [-0.2, 0) is 10.2 Å². The molecule has 2 atom stereocenters. The summed E-state index contributed by atoms with van der Waals surface area (Å²) >= 11 is 1.28. The van der Waals surface area contributed by atoms with Gasteiger partial charge in [0.1, 0.15) is 4.88 Å². The Labute approximate surface area is 160 Å². The minimum atomic E-state index is -0.966. The minimum absolute atomic E-state index is 0.0389. The Morgan fingerprint density at radius 1 is 1.31 bits per heavy atom. The van der Waals surface area contributed by atoms with Crippen molar-refractivity contribution in [3.63, 3.8) is 0 Å². The van der Waals surface area contributed by atoms with E-state index in [1.54, 1.807) is 4.90 Å². The van der Waals surface area contributed by atoms with Gasteiger partial charge in [0.15, 0.2) is 0 Å². The van der Waals surface area contributed by atoms with Gasteiger partial charge in [0.05, 0.1) is 5.69 Å². The fourth-order valence-corrected chi connectivity index (χ4v) is 4.60. The van der Waals surface area contributed by atoms with E-state index < -0.39 is 5.97 Å². The summed E-state index contributed by atoms with van der Waals surface area (Å²) in [5.74, 6) is -0.758. The molecule has 1 aliphatic rings. The first kappa shape index (κ1) is 20.7. The number of carboxylic acids is 1. The highest BCUT2D eigenvalue weighted by molar-refractivity contribution is 7.14. The third kappa shape index (κ3) is 4.20. The zero-order valence-electron chi connectivity index (χ0n) is 16.9. The smallest absolute Gasteiger partial charge is 0.348 e. The van der Waals surface area contributed by atoms with E-state index in [4.69, 9.17) is 0 Å². The lowest BCUT2D eigenvalue weighted by molar-refractivity contribution is -0.124. The SMILES string of the molecule is CC1=CC[C@H](C(=O)N(c2cc(C(C)(C)C)sc2C(=O)O)C(C)C)[C@H](C)C1. The van der Waals surface area contributed by atoms with Crippen LogP contribution in [0.5, 0.6) is 0 Å². The van der Waals surface area contributed by atoms with Gasteiger partial charge in [0, 0.05) is 16.8 Å². The van der Waals surface area contributed by atoms with Gasteiger partial charge >= 0.3 is 5.97 Å². The summed E-state index contributed by atoms with van der Waals surface area (Å²) in [6, 6.07) is 1.81. The Balaban J connectivity index is 2.49. The molecule has 0 aromatic carbocycles. The number of amides is 1. The number of anilines is 1. The van der Waals surface area contributed by atoms with Crippen molar-refractivity contribution in [3.05, 3.63) is 27.5 Å². The summed E-state index contributed by atoms with van der Waals surface area (Å²) < 4.78 is 0. The van der Waals surface area contributed by atoms with Gasteiger partial charge in [-0.1, -0.05) is 39.3 Å². The molecule has 1 aromatic heterocycles. The molecule has 26 heavy (non-hydrogen) atoms. The molecule has 0 fully saturated rings. The highest BCUT2D eigenvalue weighted by atomic mass is 32.1. The monoisotopic (exact) mass is 377 g/mol. The normalized spacial score (nSPS) is 20.8. The van der Waals surface area contributed by atoms with Crippen molar-refractivity contribution in [1.82, 2.24) is 0 Å². The van der Waals surface area contributed by atoms with Gasteiger partial charge in [-0.3, -0.25) is 4.79 Å². The van der Waals surface area contributed by atoms with E-state index in [1.165, 1.54) is 16.9 Å². The number of carbonyl (C=O) groups is 2. The standard InChI is InChI=1S/C21H31NO3S/c1-12(2)22(19(23)15-9-8-13(3)10-14(15)4)16-11-17(21(5,6)7)26-18(16)20(24)25/h8,11-12,14-15H,9-10H2,1-7H3,(H,24,25)/t14-,15+/m1/s1. The number of hydrogen-bond donors (Lipinski definition) is 1. The lowest BCUT2D eigenvalue weighted by Gasteiger charge is -2.34. The van der Waals surface area contributed by atoms with Crippen molar-refractivity contribution < 1.29 is 14.7 Å². The molecule has 1 aliphatic carbocycles. The Morgan fingerprint density at radius 2 is 1.92 bits per heavy atom. The number of hydrogen-bond acceptors (Lipinski definition) is 3. The van der Waals surface area contributed by atoms with Crippen molar-refractivity contribution in [2.75, 3.05) is 4.90 Å². The van der Waals surface area contributed by atoms with Crippen LogP contribution in [0.25, 0.3) is 0 Å². The predicted molar refractivity (Wildman–Crippen MR) is 108 cm³/mol. The first-order valence-electron chi connectivity index (χ1n) is 9.29. The fraction of sp³-hybridized carbons (Fsp3) is 0.619. The summed E-state index contributed by atoms with van der Waals surface area (Å²) in [6.07, 6.45) is 3.80. The molecule has 0 radical (unpaired) electrons. The highest BCUT2D eigenvalue weighted by Crippen LogP contribution is 2.40.